The Morgan fingerprint density at radius 3 is 2.21 bits per heavy atom. The van der Waals surface area contributed by atoms with Crippen molar-refractivity contribution in [3.8, 4) is 0 Å². The van der Waals surface area contributed by atoms with Crippen LogP contribution in [0.2, 0.25) is 0 Å². The first-order valence-electron chi connectivity index (χ1n) is 14.3. The van der Waals surface area contributed by atoms with E-state index < -0.39 is 51.0 Å². The van der Waals surface area contributed by atoms with Crippen LogP contribution in [-0.2, 0) is 35.6 Å². The third-order valence-electron chi connectivity index (χ3n) is 6.69. The second kappa shape index (κ2) is 14.2. The molecule has 0 bridgehead atoms. The van der Waals surface area contributed by atoms with E-state index in [1.165, 1.54) is 26.0 Å². The molecule has 234 valence electrons. The van der Waals surface area contributed by atoms with Crippen molar-refractivity contribution >= 4 is 38.7 Å². The van der Waals surface area contributed by atoms with Crippen molar-refractivity contribution in [1.82, 2.24) is 20.3 Å². The van der Waals surface area contributed by atoms with Crippen LogP contribution >= 0.6 is 0 Å². The lowest BCUT2D eigenvalue weighted by atomic mass is 10.0. The molecule has 2 atom stereocenters. The molecule has 11 nitrogen and oxygen atoms in total. The predicted octanol–water partition coefficient (Wildman–Crippen LogP) is 2.91. The summed E-state index contributed by atoms with van der Waals surface area (Å²) in [5.41, 5.74) is 4.85. The van der Waals surface area contributed by atoms with E-state index in [-0.39, 0.29) is 11.3 Å². The maximum atomic E-state index is 13.8. The average molecular weight is 614 g/mol. The number of aromatic amines is 1. The summed E-state index contributed by atoms with van der Waals surface area (Å²) in [6.45, 7) is 8.48. The highest BCUT2D eigenvalue weighted by Gasteiger charge is 2.37. The van der Waals surface area contributed by atoms with Crippen LogP contribution in [-0.4, -0.2) is 61.0 Å². The van der Waals surface area contributed by atoms with Crippen LogP contribution in [0.4, 0.5) is 0 Å². The number of fused-ring (bicyclic) bond motifs is 1. The molecule has 12 heteroatoms. The molecular formula is C31H43N5O6S. The van der Waals surface area contributed by atoms with E-state index in [1.54, 1.807) is 45.2 Å². The van der Waals surface area contributed by atoms with Crippen molar-refractivity contribution in [2.24, 2.45) is 5.73 Å². The molecule has 0 saturated heterocycles. The van der Waals surface area contributed by atoms with Crippen molar-refractivity contribution in [2.75, 3.05) is 6.54 Å². The van der Waals surface area contributed by atoms with Crippen LogP contribution in [0.15, 0.2) is 65.7 Å². The Balaban J connectivity index is 1.88. The number of rotatable bonds is 14. The molecule has 1 aromatic heterocycles. The fourth-order valence-electron chi connectivity index (χ4n) is 4.50. The molecule has 0 aliphatic rings. The summed E-state index contributed by atoms with van der Waals surface area (Å²) in [6.07, 6.45) is 3.36. The molecule has 0 aliphatic carbocycles. The van der Waals surface area contributed by atoms with Gasteiger partial charge in [0.25, 0.3) is 0 Å². The fourth-order valence-corrected chi connectivity index (χ4v) is 5.89. The number of unbranched alkanes of at least 4 members (excludes halogenated alkanes) is 1. The minimum Gasteiger partial charge on any atom is -0.458 e. The first-order chi connectivity index (χ1) is 20.1. The number of sulfonamides is 1. The van der Waals surface area contributed by atoms with Crippen molar-refractivity contribution in [3.05, 3.63) is 66.4 Å². The Hall–Kier alpha value is -3.74. The zero-order chi connectivity index (χ0) is 31.8. The average Bonchev–Trinajstić information content (AvgIpc) is 3.33. The Bertz CT molecular complexity index is 1510. The van der Waals surface area contributed by atoms with Gasteiger partial charge in [0.1, 0.15) is 23.2 Å². The molecular weight excluding hydrogens is 570 g/mol. The number of ether oxygens (including phenoxy) is 1. The minimum atomic E-state index is -4.05. The van der Waals surface area contributed by atoms with Gasteiger partial charge in [-0.05, 0) is 84.2 Å². The number of hydrogen-bond acceptors (Lipinski definition) is 7. The molecule has 0 saturated carbocycles. The lowest BCUT2D eigenvalue weighted by molar-refractivity contribution is -0.159. The van der Waals surface area contributed by atoms with Crippen molar-refractivity contribution in [1.29, 1.82) is 0 Å². The third-order valence-corrected chi connectivity index (χ3v) is 8.36. The fraction of sp³-hybridized carbons (Fsp3) is 0.452. The van der Waals surface area contributed by atoms with Gasteiger partial charge in [0.2, 0.25) is 21.8 Å². The number of nitrogens with one attached hydrogen (secondary N) is 4. The molecule has 0 fully saturated rings. The maximum Gasteiger partial charge on any atom is 0.329 e. The van der Waals surface area contributed by atoms with Crippen LogP contribution < -0.4 is 21.1 Å². The van der Waals surface area contributed by atoms with Crippen molar-refractivity contribution in [2.45, 2.75) is 88.4 Å². The van der Waals surface area contributed by atoms with Gasteiger partial charge in [0.15, 0.2) is 0 Å². The van der Waals surface area contributed by atoms with E-state index in [0.717, 1.165) is 16.5 Å². The topological polar surface area (TPSA) is 172 Å². The third kappa shape index (κ3) is 9.63. The Morgan fingerprint density at radius 1 is 0.907 bits per heavy atom. The molecule has 2 amide bonds. The smallest absolute Gasteiger partial charge is 0.329 e. The molecule has 0 unspecified atom stereocenters. The molecule has 3 rings (SSSR count). The van der Waals surface area contributed by atoms with E-state index >= 15 is 0 Å². The number of benzene rings is 2. The maximum absolute atomic E-state index is 13.8. The summed E-state index contributed by atoms with van der Waals surface area (Å²) in [5, 5.41) is 6.37. The highest BCUT2D eigenvalue weighted by molar-refractivity contribution is 7.89. The Labute approximate surface area is 253 Å². The molecule has 43 heavy (non-hydrogen) atoms. The summed E-state index contributed by atoms with van der Waals surface area (Å²) in [6, 6.07) is 13.1. The Kier molecular flexibility index (Phi) is 11.1. The molecule has 0 aliphatic heterocycles. The van der Waals surface area contributed by atoms with Crippen molar-refractivity contribution in [3.63, 3.8) is 0 Å². The largest absolute Gasteiger partial charge is 0.458 e. The number of aromatic nitrogens is 1. The molecule has 1 heterocycles. The number of hydrogen-bond donors (Lipinski definition) is 5. The zero-order valence-corrected chi connectivity index (χ0v) is 26.2. The Morgan fingerprint density at radius 2 is 1.56 bits per heavy atom. The van der Waals surface area contributed by atoms with E-state index in [1.807, 2.05) is 24.3 Å². The summed E-state index contributed by atoms with van der Waals surface area (Å²) in [5.74, 6) is -1.92. The molecule has 2 aromatic carbocycles. The standard InChI is InChI=1S/C31H43N5O6S/c1-30(2,3)42-28(38)25(17-11-12-18-32)34-27(37)26(19-21-20-33-24-16-10-9-15-23(21)24)35-29(39)31(4,5)36-43(40,41)22-13-7-6-8-14-22/h6-10,13-16,20,25-26,33,36H,11-12,17-19,32H2,1-5H3,(H,34,37)(H,35,39)/t25-,26-/m0/s1. The van der Waals surface area contributed by atoms with Gasteiger partial charge in [-0.15, -0.1) is 0 Å². The first-order valence-corrected chi connectivity index (χ1v) is 15.8. The summed E-state index contributed by atoms with van der Waals surface area (Å²) < 4.78 is 34.0. The van der Waals surface area contributed by atoms with E-state index in [0.29, 0.717) is 25.8 Å². The molecule has 0 spiro atoms. The highest BCUT2D eigenvalue weighted by Crippen LogP contribution is 2.20. The number of para-hydroxylation sites is 1. The van der Waals surface area contributed by atoms with Crippen LogP contribution in [0, 0.1) is 0 Å². The number of esters is 1. The van der Waals surface area contributed by atoms with Gasteiger partial charge in [-0.3, -0.25) is 9.59 Å². The van der Waals surface area contributed by atoms with Gasteiger partial charge in [-0.1, -0.05) is 36.4 Å². The lowest BCUT2D eigenvalue weighted by Crippen LogP contribution is -2.60. The van der Waals surface area contributed by atoms with Crippen LogP contribution in [0.3, 0.4) is 0 Å². The second-order valence-corrected chi connectivity index (χ2v) is 13.7. The number of carbonyl (C=O) groups is 3. The highest BCUT2D eigenvalue weighted by atomic mass is 32.2. The van der Waals surface area contributed by atoms with Crippen molar-refractivity contribution < 1.29 is 27.5 Å². The van der Waals surface area contributed by atoms with Crippen LogP contribution in [0.1, 0.15) is 59.4 Å². The van der Waals surface area contributed by atoms with Gasteiger partial charge < -0.3 is 26.1 Å². The first kappa shape index (κ1) is 33.8. The minimum absolute atomic E-state index is 0.00152. The molecule has 3 aromatic rings. The van der Waals surface area contributed by atoms with Gasteiger partial charge in [-0.2, -0.15) is 4.72 Å². The van der Waals surface area contributed by atoms with Crippen LogP contribution in [0.25, 0.3) is 10.9 Å². The summed E-state index contributed by atoms with van der Waals surface area (Å²) >= 11 is 0. The number of carbonyl (C=O) groups excluding carboxylic acids is 3. The van der Waals surface area contributed by atoms with E-state index in [2.05, 4.69) is 20.3 Å². The van der Waals surface area contributed by atoms with Gasteiger partial charge >= 0.3 is 5.97 Å². The van der Waals surface area contributed by atoms with E-state index in [9.17, 15) is 22.8 Å². The molecule has 6 N–H and O–H groups in total. The van der Waals surface area contributed by atoms with Gasteiger partial charge in [0.05, 0.1) is 4.90 Å². The normalized spacial score (nSPS) is 13.7. The van der Waals surface area contributed by atoms with Gasteiger partial charge in [0, 0.05) is 23.5 Å². The SMILES string of the molecule is CC(C)(C)OC(=O)[C@H](CCCCN)NC(=O)[C@H](Cc1c[nH]c2ccccc12)NC(=O)C(C)(C)NS(=O)(=O)c1ccccc1. The quantitative estimate of drug-likeness (QED) is 0.137. The number of amides is 2. The number of H-pyrrole nitrogens is 1. The molecule has 0 radical (unpaired) electrons. The summed E-state index contributed by atoms with van der Waals surface area (Å²) in [4.78, 5) is 43.6. The monoisotopic (exact) mass is 613 g/mol. The lowest BCUT2D eigenvalue weighted by Gasteiger charge is -2.29. The zero-order valence-electron chi connectivity index (χ0n) is 25.4. The predicted molar refractivity (Wildman–Crippen MR) is 165 cm³/mol. The van der Waals surface area contributed by atoms with Gasteiger partial charge in [-0.25, -0.2) is 13.2 Å². The van der Waals surface area contributed by atoms with Crippen LogP contribution in [0.5, 0.6) is 0 Å². The summed E-state index contributed by atoms with van der Waals surface area (Å²) in [7, 11) is -4.05. The second-order valence-electron chi connectivity index (χ2n) is 12.0. The number of nitrogens with two attached hydrogens (primary N) is 1. The van der Waals surface area contributed by atoms with E-state index in [4.69, 9.17) is 10.5 Å².